The Morgan fingerprint density at radius 2 is 2.40 bits per heavy atom. The Kier molecular flexibility index (Phi) is 5.03. The molecule has 0 aromatic heterocycles. The van der Waals surface area contributed by atoms with Crippen LogP contribution in [0.15, 0.2) is 12.7 Å². The molecule has 1 heterocycles. The van der Waals surface area contributed by atoms with Crippen molar-refractivity contribution in [1.82, 2.24) is 5.32 Å². The number of piperidine rings is 1. The lowest BCUT2D eigenvalue weighted by atomic mass is 9.74. The molecule has 15 heavy (non-hydrogen) atoms. The van der Waals surface area contributed by atoms with Crippen LogP contribution in [0.2, 0.25) is 0 Å². The second-order valence-electron chi connectivity index (χ2n) is 4.67. The Balaban J connectivity index is 2.48. The number of nitrogens with one attached hydrogen (secondary N) is 1. The molecule has 2 nitrogen and oxygen atoms in total. The van der Waals surface area contributed by atoms with Crippen LogP contribution in [0.3, 0.4) is 0 Å². The van der Waals surface area contributed by atoms with Crippen molar-refractivity contribution in [2.45, 2.75) is 45.4 Å². The van der Waals surface area contributed by atoms with Gasteiger partial charge < -0.3 is 5.32 Å². The van der Waals surface area contributed by atoms with Gasteiger partial charge in [0.1, 0.15) is 5.78 Å². The molecule has 2 heteroatoms. The minimum atomic E-state index is 0.310. The molecule has 0 spiro atoms. The summed E-state index contributed by atoms with van der Waals surface area (Å²) in [5.74, 6) is 0.393. The zero-order valence-corrected chi connectivity index (χ0v) is 9.85. The number of hydrogen-bond acceptors (Lipinski definition) is 2. The number of allylic oxidation sites excluding steroid dienone is 1. The van der Waals surface area contributed by atoms with Gasteiger partial charge in [-0.05, 0) is 37.6 Å². The van der Waals surface area contributed by atoms with Gasteiger partial charge in [0.05, 0.1) is 0 Å². The fourth-order valence-corrected chi connectivity index (χ4v) is 2.41. The number of carbonyl (C=O) groups is 1. The third-order valence-electron chi connectivity index (χ3n) is 3.47. The monoisotopic (exact) mass is 209 g/mol. The molecule has 0 aromatic carbocycles. The topological polar surface area (TPSA) is 29.1 Å². The van der Waals surface area contributed by atoms with Crippen LogP contribution in [-0.4, -0.2) is 18.9 Å². The van der Waals surface area contributed by atoms with Gasteiger partial charge in [0.25, 0.3) is 0 Å². The maximum Gasteiger partial charge on any atom is 0.132 e. The quantitative estimate of drug-likeness (QED) is 0.681. The molecule has 1 rings (SSSR count). The summed E-state index contributed by atoms with van der Waals surface area (Å²) < 4.78 is 0. The number of Topliss-reactive ketones (excluding diaryl/α,β-unsaturated/α-hetero) is 1. The van der Waals surface area contributed by atoms with Crippen LogP contribution in [0.1, 0.15) is 45.4 Å². The molecule has 1 atom stereocenters. The fraction of sp³-hybridized carbons (Fsp3) is 0.769. The molecule has 0 aliphatic carbocycles. The third-order valence-corrected chi connectivity index (χ3v) is 3.47. The molecule has 1 N–H and O–H groups in total. The molecule has 0 radical (unpaired) electrons. The van der Waals surface area contributed by atoms with E-state index in [4.69, 9.17) is 0 Å². The van der Waals surface area contributed by atoms with Gasteiger partial charge in [-0.1, -0.05) is 13.0 Å². The Labute approximate surface area is 93.1 Å². The van der Waals surface area contributed by atoms with Crippen LogP contribution in [0.25, 0.3) is 0 Å². The number of hydrogen-bond donors (Lipinski definition) is 1. The molecule has 1 fully saturated rings. The lowest BCUT2D eigenvalue weighted by Gasteiger charge is -2.37. The molecule has 1 aliphatic rings. The van der Waals surface area contributed by atoms with Crippen LogP contribution in [0, 0.1) is 5.41 Å². The normalized spacial score (nSPS) is 26.2. The predicted octanol–water partition coefficient (Wildman–Crippen LogP) is 2.69. The predicted molar refractivity (Wildman–Crippen MR) is 63.9 cm³/mol. The lowest BCUT2D eigenvalue weighted by Crippen LogP contribution is -2.40. The molecule has 0 saturated carbocycles. The van der Waals surface area contributed by atoms with Crippen molar-refractivity contribution in [3.8, 4) is 0 Å². The van der Waals surface area contributed by atoms with E-state index in [2.05, 4.69) is 11.9 Å². The molecule has 0 amide bonds. The maximum absolute atomic E-state index is 11.4. The number of rotatable bonds is 6. The van der Waals surface area contributed by atoms with Gasteiger partial charge in [0.2, 0.25) is 0 Å². The zero-order chi connectivity index (χ0) is 11.1. The van der Waals surface area contributed by atoms with Gasteiger partial charge in [0.15, 0.2) is 0 Å². The largest absolute Gasteiger partial charge is 0.316 e. The molecule has 86 valence electrons. The number of carbonyl (C=O) groups excluding carboxylic acids is 1. The van der Waals surface area contributed by atoms with E-state index in [-0.39, 0.29) is 0 Å². The van der Waals surface area contributed by atoms with E-state index in [9.17, 15) is 4.79 Å². The van der Waals surface area contributed by atoms with E-state index in [1.54, 1.807) is 0 Å². The first-order valence-electron chi connectivity index (χ1n) is 6.06. The highest BCUT2D eigenvalue weighted by Gasteiger charge is 2.30. The molecular formula is C13H23NO. The summed E-state index contributed by atoms with van der Waals surface area (Å²) in [6.07, 6.45) is 7.96. The highest BCUT2D eigenvalue weighted by molar-refractivity contribution is 5.78. The Hall–Kier alpha value is -0.630. The van der Waals surface area contributed by atoms with E-state index in [0.717, 1.165) is 32.4 Å². The summed E-state index contributed by atoms with van der Waals surface area (Å²) in [5, 5.41) is 3.44. The van der Waals surface area contributed by atoms with Gasteiger partial charge >= 0.3 is 0 Å². The van der Waals surface area contributed by atoms with Gasteiger partial charge in [-0.25, -0.2) is 0 Å². The van der Waals surface area contributed by atoms with Crippen LogP contribution in [-0.2, 0) is 4.79 Å². The van der Waals surface area contributed by atoms with Crippen molar-refractivity contribution in [3.63, 3.8) is 0 Å². The van der Waals surface area contributed by atoms with E-state index in [1.165, 1.54) is 12.8 Å². The minimum absolute atomic E-state index is 0.310. The summed E-state index contributed by atoms with van der Waals surface area (Å²) in [7, 11) is 0. The van der Waals surface area contributed by atoms with Crippen molar-refractivity contribution in [3.05, 3.63) is 12.7 Å². The summed E-state index contributed by atoms with van der Waals surface area (Å²) >= 11 is 0. The van der Waals surface area contributed by atoms with Crippen molar-refractivity contribution in [2.75, 3.05) is 13.1 Å². The van der Waals surface area contributed by atoms with Crippen molar-refractivity contribution < 1.29 is 4.79 Å². The van der Waals surface area contributed by atoms with Crippen LogP contribution < -0.4 is 5.32 Å². The molecule has 0 aromatic rings. The zero-order valence-electron chi connectivity index (χ0n) is 9.85. The molecule has 0 unspecified atom stereocenters. The average molecular weight is 209 g/mol. The van der Waals surface area contributed by atoms with Crippen molar-refractivity contribution in [2.24, 2.45) is 5.41 Å². The van der Waals surface area contributed by atoms with E-state index in [1.807, 2.05) is 13.0 Å². The third kappa shape index (κ3) is 3.78. The Bertz CT molecular complexity index is 217. The van der Waals surface area contributed by atoms with Crippen LogP contribution in [0.4, 0.5) is 0 Å². The van der Waals surface area contributed by atoms with Gasteiger partial charge in [-0.15, -0.1) is 6.58 Å². The van der Waals surface area contributed by atoms with Gasteiger partial charge in [-0.3, -0.25) is 4.79 Å². The highest BCUT2D eigenvalue weighted by Crippen LogP contribution is 2.35. The maximum atomic E-state index is 11.4. The molecule has 0 bridgehead atoms. The first-order chi connectivity index (χ1) is 7.22. The van der Waals surface area contributed by atoms with E-state index >= 15 is 0 Å². The Morgan fingerprint density at radius 1 is 1.60 bits per heavy atom. The van der Waals surface area contributed by atoms with E-state index < -0.39 is 0 Å². The summed E-state index contributed by atoms with van der Waals surface area (Å²) in [5.41, 5.74) is 0.310. The first kappa shape index (κ1) is 12.4. The highest BCUT2D eigenvalue weighted by atomic mass is 16.1. The van der Waals surface area contributed by atoms with Gasteiger partial charge in [0, 0.05) is 19.4 Å². The average Bonchev–Trinajstić information content (AvgIpc) is 2.28. The van der Waals surface area contributed by atoms with Crippen molar-refractivity contribution >= 4 is 5.78 Å². The second kappa shape index (κ2) is 6.06. The van der Waals surface area contributed by atoms with Crippen LogP contribution >= 0.6 is 0 Å². The summed E-state index contributed by atoms with van der Waals surface area (Å²) in [6, 6.07) is 0. The van der Waals surface area contributed by atoms with E-state index in [0.29, 0.717) is 17.6 Å². The fourth-order valence-electron chi connectivity index (χ4n) is 2.41. The first-order valence-corrected chi connectivity index (χ1v) is 6.06. The van der Waals surface area contributed by atoms with Crippen LogP contribution in [0.5, 0.6) is 0 Å². The molecular weight excluding hydrogens is 186 g/mol. The standard InChI is InChI=1S/C13H23NO/c1-3-7-13(8-5-10-14-11-13)9-6-12(15)4-2/h3,14H,1,4-11H2,2H3/t13-/m1/s1. The second-order valence-corrected chi connectivity index (χ2v) is 4.67. The van der Waals surface area contributed by atoms with Crippen molar-refractivity contribution in [1.29, 1.82) is 0 Å². The van der Waals surface area contributed by atoms with Gasteiger partial charge in [-0.2, -0.15) is 0 Å². The summed E-state index contributed by atoms with van der Waals surface area (Å²) in [6.45, 7) is 7.96. The lowest BCUT2D eigenvalue weighted by molar-refractivity contribution is -0.119. The number of ketones is 1. The Morgan fingerprint density at radius 3 is 2.93 bits per heavy atom. The smallest absolute Gasteiger partial charge is 0.132 e. The SMILES string of the molecule is C=CC[C@]1(CCC(=O)CC)CCCNC1. The summed E-state index contributed by atoms with van der Waals surface area (Å²) in [4.78, 5) is 11.4. The molecule has 1 saturated heterocycles. The molecule has 1 aliphatic heterocycles. The minimum Gasteiger partial charge on any atom is -0.316 e.